The van der Waals surface area contributed by atoms with Crippen LogP contribution in [0.1, 0.15) is 53.4 Å². The number of carbonyl (C=O) groups is 1. The van der Waals surface area contributed by atoms with E-state index in [-0.39, 0.29) is 18.1 Å². The SMILES string of the molecule is CC(=O)N1CCC(OC2CCN(CCC(C)(C)C)CC2F)CC1. The molecule has 2 rings (SSSR count). The number of piperidine rings is 2. The predicted octanol–water partition coefficient (Wildman–Crippen LogP) is 2.86. The maximum Gasteiger partial charge on any atom is 0.219 e. The van der Waals surface area contributed by atoms with Crippen molar-refractivity contribution >= 4 is 5.91 Å². The highest BCUT2D eigenvalue weighted by Gasteiger charge is 2.33. The van der Waals surface area contributed by atoms with E-state index in [9.17, 15) is 9.18 Å². The Balaban J connectivity index is 1.71. The van der Waals surface area contributed by atoms with E-state index in [2.05, 4.69) is 25.7 Å². The summed E-state index contributed by atoms with van der Waals surface area (Å²) in [5.41, 5.74) is 0.295. The van der Waals surface area contributed by atoms with Gasteiger partial charge in [0.05, 0.1) is 12.2 Å². The van der Waals surface area contributed by atoms with E-state index in [4.69, 9.17) is 4.74 Å². The first-order valence-electron chi connectivity index (χ1n) is 9.02. The molecule has 2 aliphatic rings. The van der Waals surface area contributed by atoms with Crippen LogP contribution in [0.4, 0.5) is 4.39 Å². The Kier molecular flexibility index (Phi) is 6.43. The number of rotatable bonds is 4. The van der Waals surface area contributed by atoms with Crippen LogP contribution in [0.5, 0.6) is 0 Å². The van der Waals surface area contributed by atoms with Crippen LogP contribution in [0.2, 0.25) is 0 Å². The van der Waals surface area contributed by atoms with Gasteiger partial charge in [0, 0.05) is 33.1 Å². The van der Waals surface area contributed by atoms with Crippen molar-refractivity contribution in [2.24, 2.45) is 5.41 Å². The Labute approximate surface area is 140 Å². The Bertz CT molecular complexity index is 389. The second-order valence-corrected chi connectivity index (χ2v) is 8.30. The molecule has 0 aliphatic carbocycles. The van der Waals surface area contributed by atoms with E-state index in [1.165, 1.54) is 0 Å². The lowest BCUT2D eigenvalue weighted by Crippen LogP contribution is -2.49. The molecular weight excluding hydrogens is 295 g/mol. The largest absolute Gasteiger partial charge is 0.372 e. The quantitative estimate of drug-likeness (QED) is 0.795. The summed E-state index contributed by atoms with van der Waals surface area (Å²) in [6.07, 6.45) is 2.47. The number of alkyl halides is 1. The molecule has 0 bridgehead atoms. The summed E-state index contributed by atoms with van der Waals surface area (Å²) >= 11 is 0. The van der Waals surface area contributed by atoms with E-state index in [1.54, 1.807) is 6.92 Å². The van der Waals surface area contributed by atoms with Gasteiger partial charge in [-0.1, -0.05) is 20.8 Å². The first kappa shape index (κ1) is 18.7. The van der Waals surface area contributed by atoms with E-state index >= 15 is 0 Å². The van der Waals surface area contributed by atoms with Crippen molar-refractivity contribution in [3.63, 3.8) is 0 Å². The molecule has 0 radical (unpaired) electrons. The molecule has 134 valence electrons. The number of carbonyl (C=O) groups excluding carboxylic acids is 1. The zero-order chi connectivity index (χ0) is 17.0. The molecule has 0 aromatic carbocycles. The van der Waals surface area contributed by atoms with Crippen molar-refractivity contribution in [1.82, 2.24) is 9.80 Å². The highest BCUT2D eigenvalue weighted by Crippen LogP contribution is 2.25. The summed E-state index contributed by atoms with van der Waals surface area (Å²) in [4.78, 5) is 15.4. The lowest BCUT2D eigenvalue weighted by Gasteiger charge is -2.39. The first-order chi connectivity index (χ1) is 10.7. The molecule has 0 aromatic heterocycles. The molecule has 5 heteroatoms. The van der Waals surface area contributed by atoms with Gasteiger partial charge in [-0.25, -0.2) is 4.39 Å². The number of ether oxygens (including phenoxy) is 1. The smallest absolute Gasteiger partial charge is 0.219 e. The topological polar surface area (TPSA) is 32.8 Å². The van der Waals surface area contributed by atoms with Crippen LogP contribution in [0.25, 0.3) is 0 Å². The first-order valence-corrected chi connectivity index (χ1v) is 9.02. The summed E-state index contributed by atoms with van der Waals surface area (Å²) in [7, 11) is 0. The van der Waals surface area contributed by atoms with Gasteiger partial charge in [0.1, 0.15) is 6.17 Å². The molecule has 2 heterocycles. The fraction of sp³-hybridized carbons (Fsp3) is 0.944. The molecule has 2 saturated heterocycles. The molecule has 0 saturated carbocycles. The number of amides is 1. The molecule has 2 fully saturated rings. The van der Waals surface area contributed by atoms with E-state index in [0.29, 0.717) is 12.0 Å². The fourth-order valence-electron chi connectivity index (χ4n) is 3.35. The zero-order valence-corrected chi connectivity index (χ0v) is 15.2. The number of halogens is 1. The molecule has 2 aliphatic heterocycles. The van der Waals surface area contributed by atoms with Crippen LogP contribution < -0.4 is 0 Å². The molecule has 4 nitrogen and oxygen atoms in total. The Hall–Kier alpha value is -0.680. The molecule has 23 heavy (non-hydrogen) atoms. The highest BCUT2D eigenvalue weighted by molar-refractivity contribution is 5.73. The van der Waals surface area contributed by atoms with Crippen LogP contribution in [0.15, 0.2) is 0 Å². The molecule has 1 amide bonds. The molecular formula is C18H33FN2O2. The normalized spacial score (nSPS) is 28.1. The van der Waals surface area contributed by atoms with Gasteiger partial charge in [-0.05, 0) is 37.6 Å². The number of hydrogen-bond acceptors (Lipinski definition) is 3. The second kappa shape index (κ2) is 7.93. The van der Waals surface area contributed by atoms with Gasteiger partial charge >= 0.3 is 0 Å². The van der Waals surface area contributed by atoms with E-state index in [0.717, 1.165) is 51.9 Å². The minimum atomic E-state index is -0.894. The molecule has 2 unspecified atom stereocenters. The van der Waals surface area contributed by atoms with Crippen LogP contribution >= 0.6 is 0 Å². The minimum Gasteiger partial charge on any atom is -0.372 e. The fourth-order valence-corrected chi connectivity index (χ4v) is 3.35. The molecule has 2 atom stereocenters. The third-order valence-electron chi connectivity index (χ3n) is 5.00. The highest BCUT2D eigenvalue weighted by atomic mass is 19.1. The van der Waals surface area contributed by atoms with Gasteiger partial charge in [0.25, 0.3) is 0 Å². The van der Waals surface area contributed by atoms with Crippen molar-refractivity contribution in [2.75, 3.05) is 32.7 Å². The van der Waals surface area contributed by atoms with Crippen molar-refractivity contribution < 1.29 is 13.9 Å². The minimum absolute atomic E-state index is 0.106. The maximum absolute atomic E-state index is 14.4. The van der Waals surface area contributed by atoms with Crippen molar-refractivity contribution in [3.05, 3.63) is 0 Å². The second-order valence-electron chi connectivity index (χ2n) is 8.30. The monoisotopic (exact) mass is 328 g/mol. The van der Waals surface area contributed by atoms with E-state index in [1.807, 2.05) is 4.90 Å². The van der Waals surface area contributed by atoms with Crippen molar-refractivity contribution in [3.8, 4) is 0 Å². The van der Waals surface area contributed by atoms with E-state index < -0.39 is 6.17 Å². The van der Waals surface area contributed by atoms with Crippen LogP contribution in [-0.2, 0) is 9.53 Å². The number of hydrogen-bond donors (Lipinski definition) is 0. The van der Waals surface area contributed by atoms with Crippen molar-refractivity contribution in [1.29, 1.82) is 0 Å². The summed E-state index contributed by atoms with van der Waals surface area (Å²) < 4.78 is 20.5. The lowest BCUT2D eigenvalue weighted by molar-refractivity contribution is -0.134. The Morgan fingerprint density at radius 3 is 2.35 bits per heavy atom. The number of likely N-dealkylation sites (tertiary alicyclic amines) is 2. The third kappa shape index (κ3) is 6.03. The Morgan fingerprint density at radius 1 is 1.17 bits per heavy atom. The van der Waals surface area contributed by atoms with Gasteiger partial charge in [0.15, 0.2) is 0 Å². The summed E-state index contributed by atoms with van der Waals surface area (Å²) in [6.45, 7) is 12.1. The number of nitrogens with zero attached hydrogens (tertiary/aromatic N) is 2. The van der Waals surface area contributed by atoms with Gasteiger partial charge < -0.3 is 14.5 Å². The van der Waals surface area contributed by atoms with Crippen LogP contribution in [0.3, 0.4) is 0 Å². The predicted molar refractivity (Wildman–Crippen MR) is 90.2 cm³/mol. The van der Waals surface area contributed by atoms with Gasteiger partial charge in [0.2, 0.25) is 5.91 Å². The zero-order valence-electron chi connectivity index (χ0n) is 15.2. The van der Waals surface area contributed by atoms with Crippen molar-refractivity contribution in [2.45, 2.75) is 71.8 Å². The van der Waals surface area contributed by atoms with Gasteiger partial charge in [-0.2, -0.15) is 0 Å². The average Bonchev–Trinajstić information content (AvgIpc) is 2.47. The summed E-state index contributed by atoms with van der Waals surface area (Å²) in [6, 6.07) is 0. The summed E-state index contributed by atoms with van der Waals surface area (Å²) in [5, 5.41) is 0. The van der Waals surface area contributed by atoms with Crippen LogP contribution in [-0.4, -0.2) is 66.8 Å². The maximum atomic E-state index is 14.4. The average molecular weight is 328 g/mol. The summed E-state index contributed by atoms with van der Waals surface area (Å²) in [5.74, 6) is 0.124. The molecule has 0 aromatic rings. The molecule has 0 spiro atoms. The van der Waals surface area contributed by atoms with Gasteiger partial charge in [-0.15, -0.1) is 0 Å². The third-order valence-corrected chi connectivity index (χ3v) is 5.00. The molecule has 0 N–H and O–H groups in total. The lowest BCUT2D eigenvalue weighted by atomic mass is 9.91. The standard InChI is InChI=1S/C18H33FN2O2/c1-14(22)21-10-5-15(6-11-21)23-17-7-9-20(13-16(17)19)12-8-18(2,3)4/h15-17H,5-13H2,1-4H3. The Morgan fingerprint density at radius 2 is 1.83 bits per heavy atom. The van der Waals surface area contributed by atoms with Gasteiger partial charge in [-0.3, -0.25) is 4.79 Å². The van der Waals surface area contributed by atoms with Crippen LogP contribution in [0, 0.1) is 5.41 Å².